The Labute approximate surface area is 111 Å². The fourth-order valence-electron chi connectivity index (χ4n) is 1.76. The average molecular weight is 266 g/mol. The molecular formula is C13H18N2O2S. The lowest BCUT2D eigenvalue weighted by atomic mass is 10.2. The molecule has 0 aromatic heterocycles. The number of methoxy groups -OCH3 is 1. The summed E-state index contributed by atoms with van der Waals surface area (Å²) in [6, 6.07) is 6.24. The van der Waals surface area contributed by atoms with Gasteiger partial charge in [-0.05, 0) is 32.0 Å². The number of hydrogen-bond donors (Lipinski definition) is 2. The van der Waals surface area contributed by atoms with Gasteiger partial charge in [0.05, 0.1) is 17.5 Å². The molecule has 18 heavy (non-hydrogen) atoms. The SMILES string of the molecule is COC(C)C(C)Nc1ccc2c(c1)NC(=O)CS2. The summed E-state index contributed by atoms with van der Waals surface area (Å²) in [7, 11) is 1.70. The van der Waals surface area contributed by atoms with Crippen molar-refractivity contribution < 1.29 is 9.53 Å². The van der Waals surface area contributed by atoms with E-state index in [1.165, 1.54) is 0 Å². The second kappa shape index (κ2) is 5.63. The molecule has 2 N–H and O–H groups in total. The van der Waals surface area contributed by atoms with Crippen LogP contribution in [0.1, 0.15) is 13.8 Å². The Morgan fingerprint density at radius 1 is 1.44 bits per heavy atom. The van der Waals surface area contributed by atoms with E-state index in [2.05, 4.69) is 17.6 Å². The maximum absolute atomic E-state index is 11.3. The predicted molar refractivity (Wildman–Crippen MR) is 75.4 cm³/mol. The van der Waals surface area contributed by atoms with Crippen molar-refractivity contribution in [2.75, 3.05) is 23.5 Å². The molecule has 98 valence electrons. The lowest BCUT2D eigenvalue weighted by Gasteiger charge is -2.23. The van der Waals surface area contributed by atoms with E-state index in [-0.39, 0.29) is 18.1 Å². The number of rotatable bonds is 4. The van der Waals surface area contributed by atoms with Crippen LogP contribution >= 0.6 is 11.8 Å². The number of benzene rings is 1. The fraction of sp³-hybridized carbons (Fsp3) is 0.462. The topological polar surface area (TPSA) is 50.4 Å². The molecule has 0 radical (unpaired) electrons. The molecule has 0 fully saturated rings. The van der Waals surface area contributed by atoms with Crippen LogP contribution in [0.3, 0.4) is 0 Å². The molecule has 1 heterocycles. The Morgan fingerprint density at radius 2 is 2.22 bits per heavy atom. The second-order valence-electron chi connectivity index (χ2n) is 4.42. The summed E-state index contributed by atoms with van der Waals surface area (Å²) >= 11 is 1.57. The first-order valence-corrected chi connectivity index (χ1v) is 6.94. The van der Waals surface area contributed by atoms with E-state index in [1.807, 2.05) is 25.1 Å². The highest BCUT2D eigenvalue weighted by molar-refractivity contribution is 8.00. The molecule has 2 atom stereocenters. The van der Waals surface area contributed by atoms with Gasteiger partial charge in [-0.25, -0.2) is 0 Å². The third kappa shape index (κ3) is 2.97. The summed E-state index contributed by atoms with van der Waals surface area (Å²) in [4.78, 5) is 12.5. The van der Waals surface area contributed by atoms with Gasteiger partial charge in [-0.2, -0.15) is 0 Å². The summed E-state index contributed by atoms with van der Waals surface area (Å²) < 4.78 is 5.28. The number of amides is 1. The van der Waals surface area contributed by atoms with Crippen LogP contribution in [-0.2, 0) is 9.53 Å². The van der Waals surface area contributed by atoms with Gasteiger partial charge in [0.1, 0.15) is 0 Å². The van der Waals surface area contributed by atoms with Gasteiger partial charge in [0.15, 0.2) is 0 Å². The van der Waals surface area contributed by atoms with Crippen molar-refractivity contribution in [2.45, 2.75) is 30.9 Å². The summed E-state index contributed by atoms with van der Waals surface area (Å²) in [5.74, 6) is 0.555. The van der Waals surface area contributed by atoms with E-state index in [4.69, 9.17) is 4.74 Å². The number of fused-ring (bicyclic) bond motifs is 1. The van der Waals surface area contributed by atoms with Crippen LogP contribution in [0.5, 0.6) is 0 Å². The van der Waals surface area contributed by atoms with Crippen molar-refractivity contribution in [3.63, 3.8) is 0 Å². The molecule has 0 bridgehead atoms. The van der Waals surface area contributed by atoms with Crippen molar-refractivity contribution in [3.05, 3.63) is 18.2 Å². The first-order valence-electron chi connectivity index (χ1n) is 5.96. The summed E-state index contributed by atoms with van der Waals surface area (Å²) in [5, 5.41) is 6.26. The molecule has 0 saturated carbocycles. The molecule has 0 saturated heterocycles. The first kappa shape index (κ1) is 13.2. The summed E-state index contributed by atoms with van der Waals surface area (Å²) in [6.45, 7) is 4.09. The molecule has 1 aromatic rings. The van der Waals surface area contributed by atoms with E-state index in [0.717, 1.165) is 16.3 Å². The average Bonchev–Trinajstić information content (AvgIpc) is 2.37. The van der Waals surface area contributed by atoms with Gasteiger partial charge in [-0.15, -0.1) is 11.8 Å². The Balaban J connectivity index is 2.11. The van der Waals surface area contributed by atoms with E-state index in [9.17, 15) is 4.79 Å². The van der Waals surface area contributed by atoms with Crippen LogP contribution in [0, 0.1) is 0 Å². The number of hydrogen-bond acceptors (Lipinski definition) is 4. The van der Waals surface area contributed by atoms with E-state index < -0.39 is 0 Å². The molecule has 2 unspecified atom stereocenters. The standard InChI is InChI=1S/C13H18N2O2S/c1-8(9(2)17-3)14-10-4-5-12-11(6-10)15-13(16)7-18-12/h4-6,8-9,14H,7H2,1-3H3,(H,15,16). The van der Waals surface area contributed by atoms with Crippen molar-refractivity contribution in [1.29, 1.82) is 0 Å². The lowest BCUT2D eigenvalue weighted by molar-refractivity contribution is -0.113. The highest BCUT2D eigenvalue weighted by atomic mass is 32.2. The van der Waals surface area contributed by atoms with Gasteiger partial charge in [-0.3, -0.25) is 4.79 Å². The van der Waals surface area contributed by atoms with Crippen LogP contribution in [0.2, 0.25) is 0 Å². The second-order valence-corrected chi connectivity index (χ2v) is 5.44. The molecule has 2 rings (SSSR count). The highest BCUT2D eigenvalue weighted by Crippen LogP contribution is 2.33. The van der Waals surface area contributed by atoms with Crippen LogP contribution in [-0.4, -0.2) is 30.9 Å². The lowest BCUT2D eigenvalue weighted by Crippen LogP contribution is -2.29. The summed E-state index contributed by atoms with van der Waals surface area (Å²) in [5.41, 5.74) is 1.88. The number of ether oxygens (including phenoxy) is 1. The third-order valence-corrected chi connectivity index (χ3v) is 4.16. The van der Waals surface area contributed by atoms with Gasteiger partial charge < -0.3 is 15.4 Å². The number of carbonyl (C=O) groups is 1. The maximum atomic E-state index is 11.3. The Hall–Kier alpha value is -1.20. The third-order valence-electron chi connectivity index (χ3n) is 3.08. The van der Waals surface area contributed by atoms with Crippen LogP contribution < -0.4 is 10.6 Å². The minimum absolute atomic E-state index is 0.0583. The quantitative estimate of drug-likeness (QED) is 0.879. The molecule has 5 heteroatoms. The van der Waals surface area contributed by atoms with Crippen LogP contribution in [0.25, 0.3) is 0 Å². The van der Waals surface area contributed by atoms with E-state index in [1.54, 1.807) is 18.9 Å². The predicted octanol–water partition coefficient (Wildman–Crippen LogP) is 2.57. The van der Waals surface area contributed by atoms with Crippen molar-refractivity contribution in [2.24, 2.45) is 0 Å². The Morgan fingerprint density at radius 3 is 2.94 bits per heavy atom. The maximum Gasteiger partial charge on any atom is 0.234 e. The molecule has 1 aliphatic rings. The Bertz CT molecular complexity index is 451. The van der Waals surface area contributed by atoms with Gasteiger partial charge in [0, 0.05) is 23.7 Å². The minimum Gasteiger partial charge on any atom is -0.380 e. The molecule has 1 aliphatic heterocycles. The van der Waals surface area contributed by atoms with Gasteiger partial charge in [0.2, 0.25) is 5.91 Å². The number of anilines is 2. The molecule has 1 amide bonds. The van der Waals surface area contributed by atoms with E-state index >= 15 is 0 Å². The molecule has 1 aromatic carbocycles. The van der Waals surface area contributed by atoms with E-state index in [0.29, 0.717) is 5.75 Å². The zero-order chi connectivity index (χ0) is 13.1. The monoisotopic (exact) mass is 266 g/mol. The number of nitrogens with one attached hydrogen (secondary N) is 2. The van der Waals surface area contributed by atoms with Crippen molar-refractivity contribution in [1.82, 2.24) is 0 Å². The van der Waals surface area contributed by atoms with Crippen molar-refractivity contribution in [3.8, 4) is 0 Å². The smallest absolute Gasteiger partial charge is 0.234 e. The zero-order valence-corrected chi connectivity index (χ0v) is 11.6. The summed E-state index contributed by atoms with van der Waals surface area (Å²) in [6.07, 6.45) is 0.130. The number of thioether (sulfide) groups is 1. The van der Waals surface area contributed by atoms with Gasteiger partial charge in [-0.1, -0.05) is 0 Å². The van der Waals surface area contributed by atoms with Crippen molar-refractivity contribution >= 4 is 29.0 Å². The van der Waals surface area contributed by atoms with Crippen LogP contribution in [0.15, 0.2) is 23.1 Å². The fourth-order valence-corrected chi connectivity index (χ4v) is 2.55. The normalized spacial score (nSPS) is 17.6. The largest absolute Gasteiger partial charge is 0.380 e. The molecule has 0 spiro atoms. The van der Waals surface area contributed by atoms with Gasteiger partial charge >= 0.3 is 0 Å². The molecular weight excluding hydrogens is 248 g/mol. The number of carbonyl (C=O) groups excluding carboxylic acids is 1. The Kier molecular flexibility index (Phi) is 4.14. The van der Waals surface area contributed by atoms with Gasteiger partial charge in [0.25, 0.3) is 0 Å². The van der Waals surface area contributed by atoms with Crippen LogP contribution in [0.4, 0.5) is 11.4 Å². The molecule has 4 nitrogen and oxygen atoms in total. The first-order chi connectivity index (χ1) is 8.60. The highest BCUT2D eigenvalue weighted by Gasteiger charge is 2.16. The minimum atomic E-state index is 0.0583. The zero-order valence-electron chi connectivity index (χ0n) is 10.8. The molecule has 0 aliphatic carbocycles.